The Kier molecular flexibility index (Phi) is 11.0. The maximum atomic E-state index is 6.81. The monoisotopic (exact) mass is 1130 g/mol. The molecule has 7 heteroatoms. The summed E-state index contributed by atoms with van der Waals surface area (Å²) < 4.78 is 15.0. The Morgan fingerprint density at radius 2 is 1.22 bits per heavy atom. The quantitative estimate of drug-likeness (QED) is 0.135. The molecule has 6 nitrogen and oxygen atoms in total. The van der Waals surface area contributed by atoms with Gasteiger partial charge in [-0.1, -0.05) is 55.7 Å². The number of nitrogens with zero attached hydrogens (tertiary/aromatic N) is 5. The van der Waals surface area contributed by atoms with Crippen molar-refractivity contribution in [3.63, 3.8) is 0 Å². The predicted molar refractivity (Wildman–Crippen MR) is 293 cm³/mol. The van der Waals surface area contributed by atoms with Crippen molar-refractivity contribution in [1.29, 1.82) is 0 Å². The molecule has 0 radical (unpaired) electrons. The first-order chi connectivity index (χ1) is 36.1. The van der Waals surface area contributed by atoms with E-state index < -0.39 is 0 Å². The average Bonchev–Trinajstić information content (AvgIpc) is 4.12. The number of hydrogen-bond acceptors (Lipinski definition) is 3. The Morgan fingerprint density at radius 1 is 0.548 bits per heavy atom. The summed E-state index contributed by atoms with van der Waals surface area (Å²) in [5, 5.41) is 2.24. The smallest absolute Gasteiger partial charge is 0.0581 e. The first-order valence-electron chi connectivity index (χ1n) is 26.0. The van der Waals surface area contributed by atoms with Gasteiger partial charge in [-0.05, 0) is 42.4 Å². The molecular weight excluding hydrogens is 1070 g/mol. The van der Waals surface area contributed by atoms with E-state index in [0.717, 1.165) is 86.1 Å². The zero-order valence-electron chi connectivity index (χ0n) is 40.9. The molecule has 0 bridgehead atoms. The van der Waals surface area contributed by atoms with Crippen LogP contribution in [-0.2, 0) is 32.2 Å². The van der Waals surface area contributed by atoms with Crippen molar-refractivity contribution in [3.05, 3.63) is 214 Å². The van der Waals surface area contributed by atoms with Crippen LogP contribution in [0.1, 0.15) is 66.7 Å². The molecular formula is C66H53N5OPt-2. The minimum Gasteiger partial charge on any atom is -0.0581 e. The molecule has 0 N–H and O–H groups in total. The number of hydrogen-bond donors (Lipinski definition) is 0. The number of ether oxygens (including phenoxy) is 1. The van der Waals surface area contributed by atoms with E-state index in [-0.39, 0.29) is 0 Å². The molecule has 2 aliphatic heterocycles. The summed E-state index contributed by atoms with van der Waals surface area (Å²) in [5.74, 6) is 2.76. The maximum absolute atomic E-state index is 6.81. The topological polar surface area (TPSA) is 40.1 Å². The second kappa shape index (κ2) is 18.2. The third-order valence-corrected chi connectivity index (χ3v) is 16.9. The summed E-state index contributed by atoms with van der Waals surface area (Å²) in [6, 6.07) is 68.8. The summed E-state index contributed by atoms with van der Waals surface area (Å²) in [4.78, 5) is 7.80. The number of imidazole rings is 1. The fourth-order valence-corrected chi connectivity index (χ4v) is 13.7. The molecule has 0 unspecified atom stereocenters. The number of aromatic nitrogens is 4. The number of rotatable bonds is 9. The number of aryl methyl sites for hydroxylation is 1. The van der Waals surface area contributed by atoms with Gasteiger partial charge in [0, 0.05) is 11.8 Å². The Balaban J connectivity index is 0.867. The van der Waals surface area contributed by atoms with E-state index in [1.54, 1.807) is 0 Å². The molecule has 0 atom stereocenters. The zero-order chi connectivity index (χ0) is 48.6. The van der Waals surface area contributed by atoms with Gasteiger partial charge in [0.2, 0.25) is 0 Å². The van der Waals surface area contributed by atoms with E-state index in [1.807, 2.05) is 18.3 Å². The summed E-state index contributed by atoms with van der Waals surface area (Å²) in [6.45, 7) is 4.36. The molecule has 73 heavy (non-hydrogen) atoms. The molecule has 3 aliphatic rings. The van der Waals surface area contributed by atoms with Crippen LogP contribution < -0.4 is 9.64 Å². The summed E-state index contributed by atoms with van der Waals surface area (Å²) in [5.41, 5.74) is 20.9. The van der Waals surface area contributed by atoms with Gasteiger partial charge in [-0.2, -0.15) is 0 Å². The number of anilines is 1. The van der Waals surface area contributed by atoms with Crippen LogP contribution in [-0.4, -0.2) is 31.8 Å². The number of para-hydroxylation sites is 3. The van der Waals surface area contributed by atoms with Gasteiger partial charge >= 0.3 is 330 Å². The van der Waals surface area contributed by atoms with Crippen LogP contribution >= 0.6 is 0 Å². The number of fused-ring (bicyclic) bond motifs is 4. The second-order valence-electron chi connectivity index (χ2n) is 20.1. The van der Waals surface area contributed by atoms with E-state index in [1.165, 1.54) is 93.5 Å². The van der Waals surface area contributed by atoms with Gasteiger partial charge < -0.3 is 0 Å². The van der Waals surface area contributed by atoms with Crippen molar-refractivity contribution in [2.45, 2.75) is 64.2 Å². The van der Waals surface area contributed by atoms with Gasteiger partial charge in [-0.3, -0.25) is 0 Å². The minimum absolute atomic E-state index is 0.611. The Bertz CT molecular complexity index is 3990. The number of benzene rings is 8. The summed E-state index contributed by atoms with van der Waals surface area (Å²) >= 11 is 2.56. The van der Waals surface area contributed by atoms with Crippen molar-refractivity contribution in [3.8, 4) is 62.1 Å². The fraction of sp³-hybridized carbons (Fsp3) is 0.182. The molecule has 1 fully saturated rings. The fourth-order valence-electron chi connectivity index (χ4n) is 12.6. The van der Waals surface area contributed by atoms with Crippen molar-refractivity contribution in [2.24, 2.45) is 0 Å². The molecule has 0 spiro atoms. The van der Waals surface area contributed by atoms with E-state index in [0.29, 0.717) is 17.4 Å². The van der Waals surface area contributed by atoms with Crippen LogP contribution in [0, 0.1) is 22.9 Å². The third-order valence-electron chi connectivity index (χ3n) is 15.9. The van der Waals surface area contributed by atoms with E-state index >= 15 is 0 Å². The molecule has 11 aromatic rings. The van der Waals surface area contributed by atoms with Crippen molar-refractivity contribution >= 4 is 38.5 Å². The molecule has 14 rings (SSSR count). The standard InChI is InChI=1S/C66H53N5O.Pt/c1-44-39-62(67-42-57(44)47-32-30-46(31-33-47)45-17-5-2-6-18-45)71-58-27-12-11-25-53(58)54-35-34-52(41-61(54)71)72-51-24-15-23-50(40-51)69-43-70(60-29-14-13-28-59(60)69)66-63(48-19-7-3-8-20-48)55-26-16-37-68-38-36-56(65(55)68)64(66)49-21-9-4-10-22-49;/h3-4,7-15,19-25,27-35,39,42,45H,2,5-6,16-18,26,36-38H2,1H3;/q-2;. The van der Waals surface area contributed by atoms with E-state index in [2.05, 4.69) is 215 Å². The molecule has 360 valence electrons. The van der Waals surface area contributed by atoms with Crippen LogP contribution in [0.15, 0.2) is 176 Å². The summed E-state index contributed by atoms with van der Waals surface area (Å²) in [7, 11) is 0. The van der Waals surface area contributed by atoms with E-state index in [4.69, 9.17) is 9.72 Å². The minimum atomic E-state index is 0.611. The Hall–Kier alpha value is -7.53. The van der Waals surface area contributed by atoms with Gasteiger partial charge in [0.05, 0.1) is 0 Å². The van der Waals surface area contributed by atoms with Crippen LogP contribution in [0.25, 0.3) is 83.4 Å². The van der Waals surface area contributed by atoms with Crippen LogP contribution in [0.3, 0.4) is 0 Å². The second-order valence-corrected chi connectivity index (χ2v) is 21.1. The first kappa shape index (κ1) is 44.2. The summed E-state index contributed by atoms with van der Waals surface area (Å²) in [6.07, 6.45) is 11.9. The third kappa shape index (κ3) is 7.47. The van der Waals surface area contributed by atoms with Crippen LogP contribution in [0.2, 0.25) is 0 Å². The Labute approximate surface area is 437 Å². The van der Waals surface area contributed by atoms with Crippen molar-refractivity contribution < 1.29 is 24.1 Å². The predicted octanol–water partition coefficient (Wildman–Crippen LogP) is 16.1. The van der Waals surface area contributed by atoms with Crippen LogP contribution in [0.5, 0.6) is 11.5 Å². The molecule has 0 amide bonds. The SMILES string of the molecule is Cc1cc(-n2c3[c-]c(Oc4[c-]c(-n5[c](=[Pt])n(-c6c(-c7ccccc7)c7c8c(c6-c6ccccc6)CCN8CCC7)c6ccccc65)ccc4)ccc3c3ccccc32)ncc1-c1ccc(C2CCCCC2)cc1. The molecule has 3 aromatic heterocycles. The molecule has 1 saturated carbocycles. The van der Waals surface area contributed by atoms with E-state index in [9.17, 15) is 0 Å². The van der Waals surface area contributed by atoms with Crippen molar-refractivity contribution in [1.82, 2.24) is 18.7 Å². The normalized spacial score (nSPS) is 14.6. The first-order valence-corrected chi connectivity index (χ1v) is 27.2. The van der Waals surface area contributed by atoms with Crippen molar-refractivity contribution in [2.75, 3.05) is 18.0 Å². The Morgan fingerprint density at radius 3 is 1.96 bits per heavy atom. The zero-order valence-corrected chi connectivity index (χ0v) is 43.1. The molecule has 5 heterocycles. The van der Waals surface area contributed by atoms with Gasteiger partial charge in [-0.15, -0.1) is 0 Å². The van der Waals surface area contributed by atoms with Gasteiger partial charge in [-0.25, -0.2) is 0 Å². The van der Waals surface area contributed by atoms with Gasteiger partial charge in [0.1, 0.15) is 0 Å². The number of pyridine rings is 1. The molecule has 0 saturated heterocycles. The molecule has 8 aromatic carbocycles. The molecule has 1 aliphatic carbocycles. The van der Waals surface area contributed by atoms with Crippen LogP contribution in [0.4, 0.5) is 5.69 Å². The average molecular weight is 1130 g/mol. The van der Waals surface area contributed by atoms with Gasteiger partial charge in [0.25, 0.3) is 0 Å². The van der Waals surface area contributed by atoms with Gasteiger partial charge in [0.15, 0.2) is 0 Å².